The number of anilines is 1. The predicted octanol–water partition coefficient (Wildman–Crippen LogP) is 2.92. The molecule has 4 rings (SSSR count). The van der Waals surface area contributed by atoms with Crippen LogP contribution in [0.3, 0.4) is 0 Å². The summed E-state index contributed by atoms with van der Waals surface area (Å²) in [6.07, 6.45) is 5.07. The highest BCUT2D eigenvalue weighted by atomic mass is 19.1. The molecule has 0 spiro atoms. The maximum Gasteiger partial charge on any atom is 0.257 e. The number of rotatable bonds is 3. The number of amides is 1. The van der Waals surface area contributed by atoms with Crippen molar-refractivity contribution < 1.29 is 9.18 Å². The highest BCUT2D eigenvalue weighted by Crippen LogP contribution is 2.33. The topological polar surface area (TPSA) is 101 Å². The summed E-state index contributed by atoms with van der Waals surface area (Å²) >= 11 is 0. The van der Waals surface area contributed by atoms with E-state index in [1.165, 1.54) is 18.3 Å². The number of aryl methyl sites for hydroxylation is 1. The van der Waals surface area contributed by atoms with E-state index >= 15 is 0 Å². The molecule has 0 unspecified atom stereocenters. The van der Waals surface area contributed by atoms with Gasteiger partial charge in [0.15, 0.2) is 0 Å². The van der Waals surface area contributed by atoms with Crippen LogP contribution in [0, 0.1) is 12.7 Å². The van der Waals surface area contributed by atoms with Crippen LogP contribution in [0.25, 0.3) is 11.1 Å². The zero-order valence-corrected chi connectivity index (χ0v) is 15.5. The van der Waals surface area contributed by atoms with Crippen molar-refractivity contribution in [3.8, 4) is 11.1 Å². The number of nitrogens with one attached hydrogen (secondary N) is 1. The van der Waals surface area contributed by atoms with Gasteiger partial charge in [-0.25, -0.2) is 14.4 Å². The van der Waals surface area contributed by atoms with Gasteiger partial charge in [-0.1, -0.05) is 12.1 Å². The standard InChI is InChI=1S/C20H21FN6O/c1-12-16(9-23-20(22)25-12)19(28)27-8-2-3-14(11-27)18-17(10-24-26-18)13-4-6-15(21)7-5-13/h4-7,9-10,14H,2-3,8,11H2,1H3,(H,24,26)(H2,22,23,25)/t14-/m1/s1. The van der Waals surface area contributed by atoms with E-state index in [-0.39, 0.29) is 23.6 Å². The largest absolute Gasteiger partial charge is 0.368 e. The third-order valence-corrected chi connectivity index (χ3v) is 5.17. The molecule has 1 aromatic carbocycles. The number of aromatic amines is 1. The summed E-state index contributed by atoms with van der Waals surface area (Å²) in [5, 5.41) is 7.28. The zero-order chi connectivity index (χ0) is 19.7. The summed E-state index contributed by atoms with van der Waals surface area (Å²) in [6, 6.07) is 6.36. The molecule has 3 aromatic rings. The molecule has 3 heterocycles. The van der Waals surface area contributed by atoms with E-state index in [2.05, 4.69) is 20.2 Å². The van der Waals surface area contributed by atoms with Gasteiger partial charge in [-0.2, -0.15) is 5.10 Å². The fraction of sp³-hybridized carbons (Fsp3) is 0.300. The third-order valence-electron chi connectivity index (χ3n) is 5.17. The van der Waals surface area contributed by atoms with Crippen LogP contribution in [0.1, 0.15) is 40.5 Å². The van der Waals surface area contributed by atoms with Gasteiger partial charge >= 0.3 is 0 Å². The van der Waals surface area contributed by atoms with Crippen molar-refractivity contribution in [3.05, 3.63) is 59.4 Å². The number of nitrogens with two attached hydrogens (primary N) is 1. The van der Waals surface area contributed by atoms with Crippen molar-refractivity contribution in [2.75, 3.05) is 18.8 Å². The maximum atomic E-state index is 13.3. The molecule has 144 valence electrons. The van der Waals surface area contributed by atoms with Gasteiger partial charge in [-0.3, -0.25) is 9.89 Å². The van der Waals surface area contributed by atoms with Crippen molar-refractivity contribution in [3.63, 3.8) is 0 Å². The average molecular weight is 380 g/mol. The second kappa shape index (κ2) is 7.38. The lowest BCUT2D eigenvalue weighted by Crippen LogP contribution is -2.39. The smallest absolute Gasteiger partial charge is 0.257 e. The van der Waals surface area contributed by atoms with Crippen LogP contribution >= 0.6 is 0 Å². The van der Waals surface area contributed by atoms with E-state index in [1.54, 1.807) is 25.3 Å². The average Bonchev–Trinajstić information content (AvgIpc) is 3.18. The number of piperidine rings is 1. The van der Waals surface area contributed by atoms with Crippen molar-refractivity contribution in [2.24, 2.45) is 0 Å². The van der Waals surface area contributed by atoms with Crippen LogP contribution in [0.5, 0.6) is 0 Å². The molecule has 1 saturated heterocycles. The molecule has 1 amide bonds. The number of nitrogen functional groups attached to an aromatic ring is 1. The number of likely N-dealkylation sites (tertiary alicyclic amines) is 1. The SMILES string of the molecule is Cc1nc(N)ncc1C(=O)N1CCC[C@@H](c2[nH]ncc2-c2ccc(F)cc2)C1. The van der Waals surface area contributed by atoms with Crippen molar-refractivity contribution >= 4 is 11.9 Å². The van der Waals surface area contributed by atoms with E-state index < -0.39 is 0 Å². The molecule has 1 aliphatic heterocycles. The van der Waals surface area contributed by atoms with Gasteiger partial charge in [0, 0.05) is 36.5 Å². The van der Waals surface area contributed by atoms with Gasteiger partial charge in [0.1, 0.15) is 5.82 Å². The molecule has 0 bridgehead atoms. The van der Waals surface area contributed by atoms with Crippen LogP contribution in [0.2, 0.25) is 0 Å². The van der Waals surface area contributed by atoms with Crippen LogP contribution in [-0.4, -0.2) is 44.1 Å². The second-order valence-corrected chi connectivity index (χ2v) is 7.02. The number of H-pyrrole nitrogens is 1. The molecule has 0 aliphatic carbocycles. The molecule has 28 heavy (non-hydrogen) atoms. The summed E-state index contributed by atoms with van der Waals surface area (Å²) in [7, 11) is 0. The Morgan fingerprint density at radius 2 is 2.07 bits per heavy atom. The Morgan fingerprint density at radius 3 is 2.82 bits per heavy atom. The molecular formula is C20H21FN6O. The van der Waals surface area contributed by atoms with E-state index in [4.69, 9.17) is 5.73 Å². The number of nitrogens with zero attached hydrogens (tertiary/aromatic N) is 4. The minimum absolute atomic E-state index is 0.0925. The first-order valence-electron chi connectivity index (χ1n) is 9.20. The monoisotopic (exact) mass is 380 g/mol. The first kappa shape index (κ1) is 18.1. The molecule has 7 nitrogen and oxygen atoms in total. The lowest BCUT2D eigenvalue weighted by atomic mass is 9.90. The summed E-state index contributed by atoms with van der Waals surface area (Å²) < 4.78 is 13.3. The van der Waals surface area contributed by atoms with Crippen LogP contribution in [-0.2, 0) is 0 Å². The number of halogens is 1. The zero-order valence-electron chi connectivity index (χ0n) is 15.5. The Morgan fingerprint density at radius 1 is 1.29 bits per heavy atom. The minimum atomic E-state index is -0.274. The first-order chi connectivity index (χ1) is 13.5. The highest BCUT2D eigenvalue weighted by molar-refractivity contribution is 5.95. The summed E-state index contributed by atoms with van der Waals surface area (Å²) in [4.78, 5) is 22.9. The molecule has 1 fully saturated rings. The lowest BCUT2D eigenvalue weighted by molar-refractivity contribution is 0.0704. The third kappa shape index (κ3) is 3.45. The number of hydrogen-bond donors (Lipinski definition) is 2. The summed E-state index contributed by atoms with van der Waals surface area (Å²) in [5.41, 5.74) is 9.44. The van der Waals surface area contributed by atoms with Crippen LogP contribution < -0.4 is 5.73 Å². The summed E-state index contributed by atoms with van der Waals surface area (Å²) in [5.74, 6) is -0.0865. The highest BCUT2D eigenvalue weighted by Gasteiger charge is 2.29. The van der Waals surface area contributed by atoms with Crippen LogP contribution in [0.4, 0.5) is 10.3 Å². The molecule has 3 N–H and O–H groups in total. The molecule has 1 aliphatic rings. The normalized spacial score (nSPS) is 16.9. The number of carbonyl (C=O) groups excluding carboxylic acids is 1. The lowest BCUT2D eigenvalue weighted by Gasteiger charge is -2.33. The van der Waals surface area contributed by atoms with E-state index in [0.717, 1.165) is 29.7 Å². The van der Waals surface area contributed by atoms with Crippen molar-refractivity contribution in [1.29, 1.82) is 0 Å². The molecule has 1 atom stereocenters. The molecule has 8 heteroatoms. The van der Waals surface area contributed by atoms with Gasteiger partial charge in [0.2, 0.25) is 5.95 Å². The Hall–Kier alpha value is -3.29. The number of carbonyl (C=O) groups is 1. The van der Waals surface area contributed by atoms with Crippen molar-refractivity contribution in [2.45, 2.75) is 25.7 Å². The minimum Gasteiger partial charge on any atom is -0.368 e. The van der Waals surface area contributed by atoms with Gasteiger partial charge < -0.3 is 10.6 Å². The molecule has 0 radical (unpaired) electrons. The van der Waals surface area contributed by atoms with E-state index in [1.807, 2.05) is 4.90 Å². The van der Waals surface area contributed by atoms with Crippen molar-refractivity contribution in [1.82, 2.24) is 25.1 Å². The second-order valence-electron chi connectivity index (χ2n) is 7.02. The Bertz CT molecular complexity index is 1000. The predicted molar refractivity (Wildman–Crippen MR) is 103 cm³/mol. The Kier molecular flexibility index (Phi) is 4.77. The fourth-order valence-corrected chi connectivity index (χ4v) is 3.73. The van der Waals surface area contributed by atoms with Gasteiger partial charge in [0.25, 0.3) is 5.91 Å². The molecule has 2 aromatic heterocycles. The molecular weight excluding hydrogens is 359 g/mol. The quantitative estimate of drug-likeness (QED) is 0.728. The van der Waals surface area contributed by atoms with Gasteiger partial charge in [-0.15, -0.1) is 0 Å². The van der Waals surface area contributed by atoms with Crippen LogP contribution in [0.15, 0.2) is 36.7 Å². The van der Waals surface area contributed by atoms with E-state index in [9.17, 15) is 9.18 Å². The Balaban J connectivity index is 1.57. The molecule has 0 saturated carbocycles. The number of aromatic nitrogens is 4. The van der Waals surface area contributed by atoms with Gasteiger partial charge in [0.05, 0.1) is 17.5 Å². The number of benzene rings is 1. The number of hydrogen-bond acceptors (Lipinski definition) is 5. The van der Waals surface area contributed by atoms with Gasteiger partial charge in [-0.05, 0) is 37.5 Å². The Labute approximate surface area is 161 Å². The fourth-order valence-electron chi connectivity index (χ4n) is 3.73. The maximum absolute atomic E-state index is 13.3. The summed E-state index contributed by atoms with van der Waals surface area (Å²) in [6.45, 7) is 3.01. The first-order valence-corrected chi connectivity index (χ1v) is 9.20. The van der Waals surface area contributed by atoms with E-state index in [0.29, 0.717) is 24.3 Å².